The fraction of sp³-hybridized carbons (Fsp3) is 0.292. The molecule has 0 bridgehead atoms. The van der Waals surface area contributed by atoms with E-state index < -0.39 is 0 Å². The van der Waals surface area contributed by atoms with E-state index in [2.05, 4.69) is 78.2 Å². The van der Waals surface area contributed by atoms with E-state index in [0.29, 0.717) is 6.54 Å². The predicted molar refractivity (Wildman–Crippen MR) is 112 cm³/mol. The lowest BCUT2D eigenvalue weighted by Crippen LogP contribution is -2.00. The van der Waals surface area contributed by atoms with E-state index in [9.17, 15) is 0 Å². The number of rotatable bonds is 7. The lowest BCUT2D eigenvalue weighted by molar-refractivity contribution is 0.758. The molecule has 3 heteroatoms. The molecule has 0 unspecified atom stereocenters. The Morgan fingerprint density at radius 2 is 1.81 bits per heavy atom. The largest absolute Gasteiger partial charge is 0.286 e. The Labute approximate surface area is 162 Å². The van der Waals surface area contributed by atoms with E-state index in [4.69, 9.17) is 0 Å². The van der Waals surface area contributed by atoms with Crippen molar-refractivity contribution >= 4 is 6.21 Å². The van der Waals surface area contributed by atoms with Crippen LogP contribution in [0.4, 0.5) is 0 Å². The molecule has 27 heavy (non-hydrogen) atoms. The van der Waals surface area contributed by atoms with Gasteiger partial charge in [-0.3, -0.25) is 4.99 Å². The summed E-state index contributed by atoms with van der Waals surface area (Å²) in [4.78, 5) is 13.6. The van der Waals surface area contributed by atoms with Crippen LogP contribution in [0.1, 0.15) is 45.8 Å². The van der Waals surface area contributed by atoms with Crippen LogP contribution in [0.15, 0.2) is 59.7 Å². The molecule has 0 saturated heterocycles. The van der Waals surface area contributed by atoms with Crippen molar-refractivity contribution in [3.05, 3.63) is 94.1 Å². The molecule has 1 aromatic heterocycles. The zero-order chi connectivity index (χ0) is 19.1. The fourth-order valence-corrected chi connectivity index (χ4v) is 3.05. The molecule has 0 aliphatic carbocycles. The molecule has 1 heterocycles. The Hall–Kier alpha value is -2.81. The summed E-state index contributed by atoms with van der Waals surface area (Å²) in [5.41, 5.74) is 7.43. The number of benzene rings is 2. The maximum Gasteiger partial charge on any atom is 0.128 e. The lowest BCUT2D eigenvalue weighted by atomic mass is 10.0. The van der Waals surface area contributed by atoms with Gasteiger partial charge in [-0.2, -0.15) is 0 Å². The van der Waals surface area contributed by atoms with E-state index in [1.807, 2.05) is 18.5 Å². The van der Waals surface area contributed by atoms with Crippen molar-refractivity contribution in [3.8, 4) is 0 Å². The lowest BCUT2D eigenvalue weighted by Gasteiger charge is -2.05. The van der Waals surface area contributed by atoms with Gasteiger partial charge in [0.2, 0.25) is 0 Å². The van der Waals surface area contributed by atoms with Crippen LogP contribution in [0.2, 0.25) is 0 Å². The van der Waals surface area contributed by atoms with E-state index in [-0.39, 0.29) is 0 Å². The maximum atomic E-state index is 4.66. The first kappa shape index (κ1) is 19.0. The highest BCUT2D eigenvalue weighted by atomic mass is 14.9. The molecule has 3 rings (SSSR count). The normalized spacial score (nSPS) is 11.2. The molecule has 0 saturated carbocycles. The standard InChI is InChI=1S/C24H27N3/c1-18-6-4-8-22(14-18)16-25-17-23-12-13-26-24(27-23)9-5-7-21-11-10-19(2)20(3)15-21/h4,6,8,10-16H,5,7,9,17H2,1-3H3. The van der Waals surface area contributed by atoms with Crippen molar-refractivity contribution in [3.63, 3.8) is 0 Å². The number of nitrogens with zero attached hydrogens (tertiary/aromatic N) is 3. The molecule has 3 nitrogen and oxygen atoms in total. The van der Waals surface area contributed by atoms with Crippen molar-refractivity contribution in [2.75, 3.05) is 0 Å². The minimum atomic E-state index is 0.584. The minimum Gasteiger partial charge on any atom is -0.286 e. The van der Waals surface area contributed by atoms with Gasteiger partial charge in [-0.05, 0) is 61.9 Å². The molecule has 0 fully saturated rings. The highest BCUT2D eigenvalue weighted by Gasteiger charge is 2.01. The third-order valence-electron chi connectivity index (χ3n) is 4.74. The second kappa shape index (κ2) is 9.22. The van der Waals surface area contributed by atoms with Crippen LogP contribution in [0, 0.1) is 20.8 Å². The van der Waals surface area contributed by atoms with Crippen molar-refractivity contribution in [1.82, 2.24) is 9.97 Å². The van der Waals surface area contributed by atoms with Crippen molar-refractivity contribution < 1.29 is 0 Å². The second-order valence-corrected chi connectivity index (χ2v) is 7.12. The van der Waals surface area contributed by atoms with Gasteiger partial charge >= 0.3 is 0 Å². The Kier molecular flexibility index (Phi) is 6.48. The molecule has 3 aromatic rings. The van der Waals surface area contributed by atoms with Crippen molar-refractivity contribution in [1.29, 1.82) is 0 Å². The number of aliphatic imine (C=N–C) groups is 1. The van der Waals surface area contributed by atoms with E-state index >= 15 is 0 Å². The average Bonchev–Trinajstić information content (AvgIpc) is 2.65. The van der Waals surface area contributed by atoms with E-state index in [0.717, 1.165) is 36.3 Å². The molecule has 2 aromatic carbocycles. The van der Waals surface area contributed by atoms with Gasteiger partial charge in [0.05, 0.1) is 12.2 Å². The molecule has 0 spiro atoms. The first-order valence-electron chi connectivity index (χ1n) is 9.53. The van der Waals surface area contributed by atoms with Gasteiger partial charge in [0.1, 0.15) is 5.82 Å². The number of hydrogen-bond donors (Lipinski definition) is 0. The highest BCUT2D eigenvalue weighted by molar-refractivity contribution is 5.79. The average molecular weight is 358 g/mol. The summed E-state index contributed by atoms with van der Waals surface area (Å²) in [6.45, 7) is 7.00. The number of aromatic nitrogens is 2. The van der Waals surface area contributed by atoms with Crippen LogP contribution in [0.3, 0.4) is 0 Å². The Morgan fingerprint density at radius 1 is 0.926 bits per heavy atom. The van der Waals surface area contributed by atoms with Crippen LogP contribution in [0.25, 0.3) is 0 Å². The molecule has 0 aliphatic heterocycles. The quantitative estimate of drug-likeness (QED) is 0.545. The summed E-state index contributed by atoms with van der Waals surface area (Å²) >= 11 is 0. The molecule has 0 amide bonds. The molecule has 0 radical (unpaired) electrons. The predicted octanol–water partition coefficient (Wildman–Crippen LogP) is 5.20. The number of aryl methyl sites for hydroxylation is 5. The molecular weight excluding hydrogens is 330 g/mol. The molecule has 0 aliphatic rings. The second-order valence-electron chi connectivity index (χ2n) is 7.12. The van der Waals surface area contributed by atoms with Crippen molar-refractivity contribution in [2.24, 2.45) is 4.99 Å². The summed E-state index contributed by atoms with van der Waals surface area (Å²) < 4.78 is 0. The Bertz CT molecular complexity index is 928. The van der Waals surface area contributed by atoms with Crippen LogP contribution in [-0.2, 0) is 19.4 Å². The molecule has 0 N–H and O–H groups in total. The van der Waals surface area contributed by atoms with Gasteiger partial charge < -0.3 is 0 Å². The van der Waals surface area contributed by atoms with Crippen LogP contribution in [-0.4, -0.2) is 16.2 Å². The summed E-state index contributed by atoms with van der Waals surface area (Å²) in [5, 5.41) is 0. The van der Waals surface area contributed by atoms with Gasteiger partial charge in [0.15, 0.2) is 0 Å². The van der Waals surface area contributed by atoms with Gasteiger partial charge in [-0.15, -0.1) is 0 Å². The van der Waals surface area contributed by atoms with Crippen LogP contribution in [0.5, 0.6) is 0 Å². The van der Waals surface area contributed by atoms with Gasteiger partial charge in [-0.25, -0.2) is 9.97 Å². The summed E-state index contributed by atoms with van der Waals surface area (Å²) in [5.74, 6) is 0.905. The minimum absolute atomic E-state index is 0.584. The third kappa shape index (κ3) is 5.85. The number of hydrogen-bond acceptors (Lipinski definition) is 3. The summed E-state index contributed by atoms with van der Waals surface area (Å²) in [6.07, 6.45) is 6.76. The zero-order valence-electron chi connectivity index (χ0n) is 16.4. The SMILES string of the molecule is Cc1cccc(C=NCc2ccnc(CCCc3ccc(C)c(C)c3)n2)c1. The van der Waals surface area contributed by atoms with Gasteiger partial charge in [0, 0.05) is 18.8 Å². The monoisotopic (exact) mass is 357 g/mol. The van der Waals surface area contributed by atoms with E-state index in [1.54, 1.807) is 0 Å². The highest BCUT2D eigenvalue weighted by Crippen LogP contribution is 2.12. The zero-order valence-corrected chi connectivity index (χ0v) is 16.4. The van der Waals surface area contributed by atoms with Crippen LogP contribution < -0.4 is 0 Å². The topological polar surface area (TPSA) is 38.1 Å². The third-order valence-corrected chi connectivity index (χ3v) is 4.74. The Morgan fingerprint density at radius 3 is 2.63 bits per heavy atom. The molecule has 0 atom stereocenters. The molecule has 138 valence electrons. The van der Waals surface area contributed by atoms with Crippen LogP contribution >= 0.6 is 0 Å². The fourth-order valence-electron chi connectivity index (χ4n) is 3.05. The molecular formula is C24H27N3. The first-order chi connectivity index (χ1) is 13.1. The summed E-state index contributed by atoms with van der Waals surface area (Å²) in [7, 11) is 0. The van der Waals surface area contributed by atoms with Crippen molar-refractivity contribution in [2.45, 2.75) is 46.6 Å². The maximum absolute atomic E-state index is 4.66. The summed E-state index contributed by atoms with van der Waals surface area (Å²) in [6, 6.07) is 17.0. The smallest absolute Gasteiger partial charge is 0.128 e. The van der Waals surface area contributed by atoms with Gasteiger partial charge in [0.25, 0.3) is 0 Å². The van der Waals surface area contributed by atoms with E-state index in [1.165, 1.54) is 22.3 Å². The van der Waals surface area contributed by atoms with Gasteiger partial charge in [-0.1, -0.05) is 48.0 Å². The first-order valence-corrected chi connectivity index (χ1v) is 9.53. The Balaban J connectivity index is 1.53.